The van der Waals surface area contributed by atoms with Crippen LogP contribution in [0, 0.1) is 5.82 Å². The third-order valence-electron chi connectivity index (χ3n) is 4.95. The van der Waals surface area contributed by atoms with Crippen molar-refractivity contribution in [2.24, 2.45) is 4.99 Å². The number of aliphatic hydroxyl groups excluding tert-OH is 1. The average Bonchev–Trinajstić information content (AvgIpc) is 2.73. The van der Waals surface area contributed by atoms with Crippen molar-refractivity contribution in [2.75, 3.05) is 32.7 Å². The minimum atomic E-state index is -0.378. The van der Waals surface area contributed by atoms with Crippen LogP contribution in [-0.4, -0.2) is 53.6 Å². The minimum absolute atomic E-state index is 0. The smallest absolute Gasteiger partial charge is 0.194 e. The third-order valence-corrected chi connectivity index (χ3v) is 4.95. The Balaban J connectivity index is 0.00000300. The highest BCUT2D eigenvalue weighted by molar-refractivity contribution is 14.0. The van der Waals surface area contributed by atoms with Gasteiger partial charge in [-0.1, -0.05) is 36.4 Å². The number of rotatable bonds is 6. The minimum Gasteiger partial charge on any atom is -0.392 e. The molecule has 7 heteroatoms. The molecule has 1 fully saturated rings. The first-order valence-electron chi connectivity index (χ1n) is 9.87. The van der Waals surface area contributed by atoms with Gasteiger partial charge in [0.25, 0.3) is 0 Å². The summed E-state index contributed by atoms with van der Waals surface area (Å²) in [6.07, 6.45) is 0. The van der Waals surface area contributed by atoms with Gasteiger partial charge in [0.05, 0.1) is 13.2 Å². The largest absolute Gasteiger partial charge is 0.392 e. The zero-order valence-corrected chi connectivity index (χ0v) is 19.2. The van der Waals surface area contributed by atoms with Gasteiger partial charge >= 0.3 is 0 Å². The van der Waals surface area contributed by atoms with E-state index < -0.39 is 0 Å². The Bertz CT molecular complexity index is 780. The van der Waals surface area contributed by atoms with Gasteiger partial charge < -0.3 is 15.3 Å². The number of aliphatic hydroxyl groups is 1. The molecule has 0 saturated carbocycles. The standard InChI is InChI=1S/C22H29FN4O.HI/c1-2-24-22(25-15-19-8-9-21(23)20(14-19)17-28)27-12-10-26(11-13-27)16-18-6-4-3-5-7-18;/h3-9,14,28H,2,10-13,15-17H2,1H3,(H,24,25);1H. The SMILES string of the molecule is CCNC(=NCc1ccc(F)c(CO)c1)N1CCN(Cc2ccccc2)CC1.I. The molecule has 0 radical (unpaired) electrons. The second-order valence-corrected chi connectivity index (χ2v) is 7.00. The Morgan fingerprint density at radius 3 is 2.45 bits per heavy atom. The Labute approximate surface area is 189 Å². The van der Waals surface area contributed by atoms with E-state index in [0.717, 1.165) is 50.8 Å². The average molecular weight is 512 g/mol. The zero-order valence-electron chi connectivity index (χ0n) is 16.9. The predicted molar refractivity (Wildman–Crippen MR) is 126 cm³/mol. The van der Waals surface area contributed by atoms with E-state index in [1.807, 2.05) is 6.07 Å². The van der Waals surface area contributed by atoms with Gasteiger partial charge in [0.2, 0.25) is 0 Å². The van der Waals surface area contributed by atoms with Gasteiger partial charge in [0.1, 0.15) is 5.82 Å². The molecule has 3 rings (SSSR count). The molecule has 5 nitrogen and oxygen atoms in total. The van der Waals surface area contributed by atoms with Crippen LogP contribution < -0.4 is 5.32 Å². The molecule has 0 bridgehead atoms. The van der Waals surface area contributed by atoms with Gasteiger partial charge in [-0.15, -0.1) is 24.0 Å². The van der Waals surface area contributed by atoms with Crippen molar-refractivity contribution in [3.63, 3.8) is 0 Å². The Kier molecular flexibility index (Phi) is 9.83. The van der Waals surface area contributed by atoms with Gasteiger partial charge in [-0.05, 0) is 30.2 Å². The second kappa shape index (κ2) is 12.1. The summed E-state index contributed by atoms with van der Waals surface area (Å²) in [6.45, 7) is 7.81. The van der Waals surface area contributed by atoms with Gasteiger partial charge in [-0.3, -0.25) is 4.90 Å². The molecular weight excluding hydrogens is 482 g/mol. The van der Waals surface area contributed by atoms with Crippen molar-refractivity contribution in [2.45, 2.75) is 26.6 Å². The van der Waals surface area contributed by atoms with Crippen LogP contribution in [0.25, 0.3) is 0 Å². The molecule has 2 aromatic rings. The maximum absolute atomic E-state index is 13.6. The van der Waals surface area contributed by atoms with E-state index in [1.165, 1.54) is 11.6 Å². The number of aliphatic imine (C=N–C) groups is 1. The van der Waals surface area contributed by atoms with E-state index >= 15 is 0 Å². The second-order valence-electron chi connectivity index (χ2n) is 7.00. The highest BCUT2D eigenvalue weighted by Gasteiger charge is 2.19. The van der Waals surface area contributed by atoms with Crippen LogP contribution in [0.2, 0.25) is 0 Å². The zero-order chi connectivity index (χ0) is 19.8. The number of nitrogens with zero attached hydrogens (tertiary/aromatic N) is 3. The van der Waals surface area contributed by atoms with Gasteiger partial charge in [0, 0.05) is 44.8 Å². The maximum Gasteiger partial charge on any atom is 0.194 e. The van der Waals surface area contributed by atoms with Gasteiger partial charge in [0.15, 0.2) is 5.96 Å². The lowest BCUT2D eigenvalue weighted by atomic mass is 10.1. The van der Waals surface area contributed by atoms with Crippen molar-refractivity contribution in [3.8, 4) is 0 Å². The van der Waals surface area contributed by atoms with Crippen molar-refractivity contribution < 1.29 is 9.50 Å². The number of guanidine groups is 1. The molecule has 0 spiro atoms. The molecule has 0 aromatic heterocycles. The van der Waals surface area contributed by atoms with Crippen LogP contribution >= 0.6 is 24.0 Å². The molecule has 1 aliphatic heterocycles. The fraction of sp³-hybridized carbons (Fsp3) is 0.409. The fourth-order valence-corrected chi connectivity index (χ4v) is 3.40. The number of piperazine rings is 1. The third kappa shape index (κ3) is 6.94. The molecule has 1 aliphatic rings. The molecular formula is C22H30FIN4O. The summed E-state index contributed by atoms with van der Waals surface area (Å²) in [4.78, 5) is 9.47. The summed E-state index contributed by atoms with van der Waals surface area (Å²) >= 11 is 0. The van der Waals surface area contributed by atoms with Crippen LogP contribution in [0.5, 0.6) is 0 Å². The van der Waals surface area contributed by atoms with E-state index in [4.69, 9.17) is 4.99 Å². The van der Waals surface area contributed by atoms with Crippen molar-refractivity contribution in [1.82, 2.24) is 15.1 Å². The first-order chi connectivity index (χ1) is 13.7. The summed E-state index contributed by atoms with van der Waals surface area (Å²) in [6, 6.07) is 15.3. The van der Waals surface area contributed by atoms with E-state index in [-0.39, 0.29) is 36.4 Å². The number of benzene rings is 2. The van der Waals surface area contributed by atoms with E-state index in [2.05, 4.69) is 46.3 Å². The molecule has 158 valence electrons. The van der Waals surface area contributed by atoms with Crippen LogP contribution in [0.3, 0.4) is 0 Å². The maximum atomic E-state index is 13.6. The Hall–Kier alpha value is -1.71. The van der Waals surface area contributed by atoms with Crippen molar-refractivity contribution in [1.29, 1.82) is 0 Å². The van der Waals surface area contributed by atoms with E-state index in [9.17, 15) is 9.50 Å². The molecule has 29 heavy (non-hydrogen) atoms. The molecule has 1 heterocycles. The molecule has 2 N–H and O–H groups in total. The number of nitrogens with one attached hydrogen (secondary N) is 1. The summed E-state index contributed by atoms with van der Waals surface area (Å²) in [5.41, 5.74) is 2.54. The lowest BCUT2D eigenvalue weighted by Crippen LogP contribution is -2.52. The number of halogens is 2. The van der Waals surface area contributed by atoms with Crippen molar-refractivity contribution >= 4 is 29.9 Å². The van der Waals surface area contributed by atoms with E-state index in [1.54, 1.807) is 12.1 Å². The molecule has 0 aliphatic carbocycles. The van der Waals surface area contributed by atoms with Crippen LogP contribution in [0.1, 0.15) is 23.6 Å². The molecule has 0 unspecified atom stereocenters. The highest BCUT2D eigenvalue weighted by Crippen LogP contribution is 2.13. The van der Waals surface area contributed by atoms with E-state index in [0.29, 0.717) is 12.1 Å². The van der Waals surface area contributed by atoms with Gasteiger partial charge in [-0.2, -0.15) is 0 Å². The van der Waals surface area contributed by atoms with Crippen molar-refractivity contribution in [3.05, 3.63) is 71.0 Å². The first kappa shape index (κ1) is 23.6. The van der Waals surface area contributed by atoms with Crippen LogP contribution in [-0.2, 0) is 19.7 Å². The van der Waals surface area contributed by atoms with Crippen LogP contribution in [0.15, 0.2) is 53.5 Å². The Morgan fingerprint density at radius 2 is 1.79 bits per heavy atom. The van der Waals surface area contributed by atoms with Crippen LogP contribution in [0.4, 0.5) is 4.39 Å². The normalized spacial score (nSPS) is 15.1. The Morgan fingerprint density at radius 1 is 1.07 bits per heavy atom. The number of hydrogen-bond acceptors (Lipinski definition) is 3. The fourth-order valence-electron chi connectivity index (χ4n) is 3.40. The quantitative estimate of drug-likeness (QED) is 0.355. The highest BCUT2D eigenvalue weighted by atomic mass is 127. The first-order valence-corrected chi connectivity index (χ1v) is 9.87. The summed E-state index contributed by atoms with van der Waals surface area (Å²) < 4.78 is 13.6. The number of hydrogen-bond donors (Lipinski definition) is 2. The molecule has 1 saturated heterocycles. The summed E-state index contributed by atoms with van der Waals surface area (Å²) in [7, 11) is 0. The lowest BCUT2D eigenvalue weighted by molar-refractivity contribution is 0.172. The molecule has 0 atom stereocenters. The summed E-state index contributed by atoms with van der Waals surface area (Å²) in [5, 5.41) is 12.6. The summed E-state index contributed by atoms with van der Waals surface area (Å²) in [5.74, 6) is 0.508. The van der Waals surface area contributed by atoms with Gasteiger partial charge in [-0.25, -0.2) is 9.38 Å². The molecule has 0 amide bonds. The predicted octanol–water partition coefficient (Wildman–Crippen LogP) is 3.22. The lowest BCUT2D eigenvalue weighted by Gasteiger charge is -2.36. The topological polar surface area (TPSA) is 51.1 Å². The monoisotopic (exact) mass is 512 g/mol. The molecule has 2 aromatic carbocycles.